The van der Waals surface area contributed by atoms with Crippen molar-refractivity contribution in [2.24, 2.45) is 17.3 Å². The Labute approximate surface area is 318 Å². The number of carbonyl (C=O) groups excluding carboxylic acids is 3. The fourth-order valence-corrected chi connectivity index (χ4v) is 11.4. The molecule has 3 aromatic rings. The largest absolute Gasteiger partial charge is 0.415 e. The van der Waals surface area contributed by atoms with E-state index in [9.17, 15) is 19.5 Å². The average molecular weight is 734 g/mol. The third-order valence-corrected chi connectivity index (χ3v) is 14.7. The van der Waals surface area contributed by atoms with Crippen LogP contribution in [0.3, 0.4) is 0 Å². The molecule has 3 aliphatic heterocycles. The Morgan fingerprint density at radius 2 is 1.61 bits per heavy atom. The minimum Gasteiger partial charge on any atom is -0.408 e. The van der Waals surface area contributed by atoms with Crippen LogP contribution in [-0.2, 0) is 11.2 Å². The molecule has 3 aliphatic carbocycles. The highest BCUT2D eigenvalue weighted by molar-refractivity contribution is 5.98. The first-order valence-electron chi connectivity index (χ1n) is 20.7. The minimum atomic E-state index is -0.617. The summed E-state index contributed by atoms with van der Waals surface area (Å²) < 4.78 is 6.30. The molecular formula is C44H55N5O5. The SMILES string of the molecule is C[C@]1(O)CC[C@H]2[C@@H]3CCc4cc(OC(=O)N5CCCCC5)c(N5CCN(C(=O)[C@@H]6CCCN6C(=O)c6ccc7ccccc7n6)CC5)cc4[C@H]3CC[C@@]21C. The topological polar surface area (TPSA) is 107 Å². The fraction of sp³-hybridized carbons (Fsp3) is 0.591. The number of amides is 3. The fourth-order valence-electron chi connectivity index (χ4n) is 11.4. The van der Waals surface area contributed by atoms with Crippen molar-refractivity contribution in [2.75, 3.05) is 50.7 Å². The molecule has 9 rings (SSSR count). The number of anilines is 1. The molecule has 3 saturated heterocycles. The molecule has 54 heavy (non-hydrogen) atoms. The van der Waals surface area contributed by atoms with Crippen LogP contribution >= 0.6 is 0 Å². The molecule has 6 aliphatic rings. The van der Waals surface area contributed by atoms with E-state index in [0.717, 1.165) is 93.9 Å². The first-order chi connectivity index (χ1) is 26.1. The summed E-state index contributed by atoms with van der Waals surface area (Å²) in [6, 6.07) is 15.4. The Morgan fingerprint density at radius 1 is 0.815 bits per heavy atom. The van der Waals surface area contributed by atoms with Crippen molar-refractivity contribution in [2.45, 2.75) is 102 Å². The standard InChI is InChI=1S/C44H55N5O5/c1-43-18-16-31-32(34(43)17-19-44(43,2)53)14-12-30-27-39(54-42(52)48-20-6-3-7-21-48)38(28-33(30)31)46-23-25-47(26-24-46)41(51)37-11-8-22-49(37)40(50)36-15-13-29-9-4-5-10-35(29)45-36/h4-5,9-10,13,15,27-28,31-32,34,37,53H,3,6-8,11-12,14,16-26H2,1-2H3/t31-,32+,34-,37-,43-,44-/m0/s1. The van der Waals surface area contributed by atoms with Crippen LogP contribution < -0.4 is 9.64 Å². The van der Waals surface area contributed by atoms with Gasteiger partial charge in [0, 0.05) is 51.2 Å². The molecule has 2 aromatic carbocycles. The second kappa shape index (κ2) is 13.8. The molecule has 1 aromatic heterocycles. The molecule has 2 saturated carbocycles. The molecule has 0 unspecified atom stereocenters. The zero-order chi connectivity index (χ0) is 37.2. The highest BCUT2D eigenvalue weighted by Gasteiger charge is 2.59. The van der Waals surface area contributed by atoms with Crippen molar-refractivity contribution in [1.82, 2.24) is 19.7 Å². The van der Waals surface area contributed by atoms with Crippen molar-refractivity contribution in [3.05, 3.63) is 65.4 Å². The minimum absolute atomic E-state index is 0.00373. The number of piperidine rings is 1. The maximum atomic E-state index is 14.1. The van der Waals surface area contributed by atoms with Crippen LogP contribution in [0.2, 0.25) is 0 Å². The molecule has 0 bridgehead atoms. The molecule has 6 atom stereocenters. The first-order valence-corrected chi connectivity index (χ1v) is 20.7. The van der Waals surface area contributed by atoms with Gasteiger partial charge in [-0.1, -0.05) is 31.2 Å². The Bertz CT molecular complexity index is 1950. The van der Waals surface area contributed by atoms with E-state index >= 15 is 0 Å². The molecule has 1 N–H and O–H groups in total. The van der Waals surface area contributed by atoms with Crippen molar-refractivity contribution in [3.8, 4) is 5.75 Å². The van der Waals surface area contributed by atoms with Crippen LogP contribution in [0.25, 0.3) is 10.9 Å². The second-order valence-corrected chi connectivity index (χ2v) is 17.5. The van der Waals surface area contributed by atoms with Crippen LogP contribution in [0.5, 0.6) is 5.75 Å². The van der Waals surface area contributed by atoms with Gasteiger partial charge in [0.15, 0.2) is 5.75 Å². The second-order valence-electron chi connectivity index (χ2n) is 17.5. The van der Waals surface area contributed by atoms with Gasteiger partial charge in [-0.05, 0) is 136 Å². The van der Waals surface area contributed by atoms with E-state index < -0.39 is 11.6 Å². The summed E-state index contributed by atoms with van der Waals surface area (Å²) in [4.78, 5) is 53.8. The third kappa shape index (κ3) is 6.03. The average Bonchev–Trinajstić information content (AvgIpc) is 3.79. The van der Waals surface area contributed by atoms with E-state index in [-0.39, 0.29) is 23.3 Å². The predicted molar refractivity (Wildman–Crippen MR) is 208 cm³/mol. The van der Waals surface area contributed by atoms with Crippen molar-refractivity contribution in [3.63, 3.8) is 0 Å². The summed E-state index contributed by atoms with van der Waals surface area (Å²) in [5.74, 6) is 1.92. The van der Waals surface area contributed by atoms with Crippen molar-refractivity contribution < 1.29 is 24.2 Å². The molecule has 10 nitrogen and oxygen atoms in total. The van der Waals surface area contributed by atoms with E-state index in [2.05, 4.69) is 35.9 Å². The number of aliphatic hydroxyl groups is 1. The van der Waals surface area contributed by atoms with E-state index in [4.69, 9.17) is 4.74 Å². The number of benzene rings is 2. The zero-order valence-corrected chi connectivity index (χ0v) is 32.0. The lowest BCUT2D eigenvalue weighted by molar-refractivity contribution is -0.135. The number of rotatable bonds is 4. The summed E-state index contributed by atoms with van der Waals surface area (Å²) in [5.41, 5.74) is 4.10. The number of pyridine rings is 1. The number of likely N-dealkylation sites (tertiary alicyclic amines) is 2. The number of hydrogen-bond acceptors (Lipinski definition) is 7. The van der Waals surface area contributed by atoms with Gasteiger partial charge >= 0.3 is 6.09 Å². The number of aryl methyl sites for hydroxylation is 1. The lowest BCUT2D eigenvalue weighted by Crippen LogP contribution is -2.54. The quantitative estimate of drug-likeness (QED) is 0.315. The Morgan fingerprint density at radius 3 is 2.43 bits per heavy atom. The molecule has 10 heteroatoms. The summed E-state index contributed by atoms with van der Waals surface area (Å²) >= 11 is 0. The van der Waals surface area contributed by atoms with Gasteiger partial charge in [-0.3, -0.25) is 9.59 Å². The van der Waals surface area contributed by atoms with Crippen LogP contribution in [0.15, 0.2) is 48.5 Å². The van der Waals surface area contributed by atoms with Gasteiger partial charge in [0.05, 0.1) is 16.8 Å². The maximum Gasteiger partial charge on any atom is 0.415 e. The molecular weight excluding hydrogens is 679 g/mol. The van der Waals surface area contributed by atoms with Crippen LogP contribution in [0, 0.1) is 17.3 Å². The number of fused-ring (bicyclic) bond motifs is 6. The Kier molecular flexibility index (Phi) is 9.10. The Balaban J connectivity index is 0.943. The van der Waals surface area contributed by atoms with Crippen LogP contribution in [0.1, 0.15) is 106 Å². The molecule has 0 radical (unpaired) electrons. The highest BCUT2D eigenvalue weighted by atomic mass is 16.6. The lowest BCUT2D eigenvalue weighted by atomic mass is 9.53. The molecule has 0 spiro atoms. The number of carbonyl (C=O) groups is 3. The summed E-state index contributed by atoms with van der Waals surface area (Å²) in [5, 5.41) is 12.4. The predicted octanol–water partition coefficient (Wildman–Crippen LogP) is 6.78. The van der Waals surface area contributed by atoms with Gasteiger partial charge in [-0.15, -0.1) is 0 Å². The summed E-state index contributed by atoms with van der Waals surface area (Å²) in [7, 11) is 0. The highest BCUT2D eigenvalue weighted by Crippen LogP contribution is 2.64. The number of para-hydroxylation sites is 1. The van der Waals surface area contributed by atoms with E-state index in [1.165, 1.54) is 11.1 Å². The number of nitrogens with zero attached hydrogens (tertiary/aromatic N) is 5. The molecule has 4 heterocycles. The zero-order valence-electron chi connectivity index (χ0n) is 32.0. The number of piperazine rings is 1. The monoisotopic (exact) mass is 733 g/mol. The normalized spacial score (nSPS) is 30.9. The molecule has 286 valence electrons. The van der Waals surface area contributed by atoms with Crippen molar-refractivity contribution >= 4 is 34.5 Å². The van der Waals surface area contributed by atoms with Crippen molar-refractivity contribution in [1.29, 1.82) is 0 Å². The van der Waals surface area contributed by atoms with Gasteiger partial charge < -0.3 is 29.4 Å². The lowest BCUT2D eigenvalue weighted by Gasteiger charge is -2.52. The van der Waals surface area contributed by atoms with Gasteiger partial charge in [0.2, 0.25) is 5.91 Å². The van der Waals surface area contributed by atoms with Crippen LogP contribution in [-0.4, -0.2) is 100 Å². The number of aromatic nitrogens is 1. The molecule has 5 fully saturated rings. The van der Waals surface area contributed by atoms with E-state index in [1.807, 2.05) is 40.1 Å². The summed E-state index contributed by atoms with van der Waals surface area (Å²) in [6.07, 6.45) is 10.4. The van der Waals surface area contributed by atoms with E-state index in [0.29, 0.717) is 68.3 Å². The third-order valence-electron chi connectivity index (χ3n) is 14.7. The van der Waals surface area contributed by atoms with Gasteiger partial charge in [-0.25, -0.2) is 9.78 Å². The number of ether oxygens (including phenoxy) is 1. The van der Waals surface area contributed by atoms with Gasteiger partial charge in [0.1, 0.15) is 11.7 Å². The van der Waals surface area contributed by atoms with Crippen LogP contribution in [0.4, 0.5) is 10.5 Å². The summed E-state index contributed by atoms with van der Waals surface area (Å²) in [6.45, 7) is 8.67. The van der Waals surface area contributed by atoms with Gasteiger partial charge in [-0.2, -0.15) is 0 Å². The maximum absolute atomic E-state index is 14.1. The van der Waals surface area contributed by atoms with Gasteiger partial charge in [0.25, 0.3) is 5.91 Å². The molecule has 3 amide bonds. The number of hydrogen-bond donors (Lipinski definition) is 1. The smallest absolute Gasteiger partial charge is 0.408 e. The first kappa shape index (κ1) is 35.5. The Hall–Kier alpha value is -4.18. The van der Waals surface area contributed by atoms with E-state index in [1.54, 1.807) is 11.0 Å².